The van der Waals surface area contributed by atoms with Crippen molar-refractivity contribution >= 4 is 69.0 Å². The lowest BCUT2D eigenvalue weighted by Crippen LogP contribution is -2.55. The van der Waals surface area contributed by atoms with E-state index in [1.165, 1.54) is 0 Å². The van der Waals surface area contributed by atoms with E-state index in [9.17, 15) is 9.36 Å². The monoisotopic (exact) mass is 698 g/mol. The average molecular weight is 700 g/mol. The molecule has 0 bridgehead atoms. The third-order valence-electron chi connectivity index (χ3n) is 8.05. The SMILES string of the molecule is CC(C)(C)OC(=O)N1CCN(C2CCN(c3ccc(Nc4ncc(Br)c(Nc5ccccc5P(C)(C)=O)n4)cc3N)CC2)CC1. The molecule has 4 N–H and O–H groups in total. The van der Waals surface area contributed by atoms with Gasteiger partial charge in [-0.05, 0) is 93.2 Å². The number of benzene rings is 2. The molecule has 2 saturated heterocycles. The van der Waals surface area contributed by atoms with Crippen LogP contribution in [0.5, 0.6) is 0 Å². The number of para-hydroxylation sites is 1. The summed E-state index contributed by atoms with van der Waals surface area (Å²) in [6.07, 6.45) is 3.55. The molecule has 1 amide bonds. The van der Waals surface area contributed by atoms with Gasteiger partial charge in [0.2, 0.25) is 5.95 Å². The molecule has 1 aromatic heterocycles. The summed E-state index contributed by atoms with van der Waals surface area (Å²) in [5, 5.41) is 7.34. The summed E-state index contributed by atoms with van der Waals surface area (Å²) in [4.78, 5) is 28.2. The molecule has 13 heteroatoms. The number of anilines is 6. The van der Waals surface area contributed by atoms with Crippen LogP contribution in [0.1, 0.15) is 33.6 Å². The van der Waals surface area contributed by atoms with E-state index in [2.05, 4.69) is 46.3 Å². The number of rotatable bonds is 7. The first kappa shape index (κ1) is 33.0. The molecular weight excluding hydrogens is 655 g/mol. The number of carbonyl (C=O) groups is 1. The van der Waals surface area contributed by atoms with Crippen molar-refractivity contribution < 1.29 is 14.1 Å². The number of nitrogens with one attached hydrogen (secondary N) is 2. The number of nitrogens with zero attached hydrogens (tertiary/aromatic N) is 5. The number of ether oxygens (including phenoxy) is 1. The first-order valence-electron chi connectivity index (χ1n) is 15.3. The number of aromatic nitrogens is 2. The molecule has 5 rings (SSSR count). The van der Waals surface area contributed by atoms with Crippen molar-refractivity contribution in [3.8, 4) is 0 Å². The van der Waals surface area contributed by atoms with Crippen LogP contribution in [0.15, 0.2) is 53.1 Å². The van der Waals surface area contributed by atoms with Gasteiger partial charge in [-0.15, -0.1) is 0 Å². The molecule has 0 spiro atoms. The Bertz CT molecular complexity index is 1560. The van der Waals surface area contributed by atoms with Crippen LogP contribution in [-0.4, -0.2) is 90.1 Å². The number of hydrogen-bond donors (Lipinski definition) is 3. The second-order valence-corrected chi connectivity index (χ2v) is 17.0. The summed E-state index contributed by atoms with van der Waals surface area (Å²) in [6.45, 7) is 14.2. The van der Waals surface area contributed by atoms with Crippen LogP contribution >= 0.6 is 23.1 Å². The number of nitrogen functional groups attached to an aromatic ring is 1. The Morgan fingerprint density at radius 3 is 2.36 bits per heavy atom. The van der Waals surface area contributed by atoms with Gasteiger partial charge < -0.3 is 35.5 Å². The molecule has 3 heterocycles. The first-order valence-corrected chi connectivity index (χ1v) is 18.7. The third kappa shape index (κ3) is 8.48. The van der Waals surface area contributed by atoms with Gasteiger partial charge in [0.1, 0.15) is 18.6 Å². The molecule has 2 aliphatic rings. The maximum atomic E-state index is 12.8. The van der Waals surface area contributed by atoms with Crippen molar-refractivity contribution in [2.75, 3.05) is 73.9 Å². The number of halogens is 1. The predicted octanol–water partition coefficient (Wildman–Crippen LogP) is 6.08. The van der Waals surface area contributed by atoms with Crippen LogP contribution in [0.25, 0.3) is 0 Å². The smallest absolute Gasteiger partial charge is 0.410 e. The molecular formula is C32H44BrN8O3P. The fourth-order valence-electron chi connectivity index (χ4n) is 5.81. The van der Waals surface area contributed by atoms with Crippen molar-refractivity contribution in [3.63, 3.8) is 0 Å². The Hall–Kier alpha value is -3.34. The maximum absolute atomic E-state index is 12.8. The lowest BCUT2D eigenvalue weighted by molar-refractivity contribution is 0.00902. The van der Waals surface area contributed by atoms with E-state index in [4.69, 9.17) is 10.5 Å². The van der Waals surface area contributed by atoms with E-state index >= 15 is 0 Å². The van der Waals surface area contributed by atoms with Gasteiger partial charge in [0, 0.05) is 62.5 Å². The zero-order valence-electron chi connectivity index (χ0n) is 26.7. The minimum absolute atomic E-state index is 0.221. The molecule has 0 aliphatic carbocycles. The van der Waals surface area contributed by atoms with E-state index in [-0.39, 0.29) is 6.09 Å². The van der Waals surface area contributed by atoms with Crippen molar-refractivity contribution in [2.45, 2.75) is 45.3 Å². The van der Waals surface area contributed by atoms with Gasteiger partial charge in [0.05, 0.1) is 21.5 Å². The molecule has 11 nitrogen and oxygen atoms in total. The summed E-state index contributed by atoms with van der Waals surface area (Å²) < 4.78 is 19.1. The zero-order valence-corrected chi connectivity index (χ0v) is 29.2. The fraction of sp³-hybridized carbons (Fsp3) is 0.469. The lowest BCUT2D eigenvalue weighted by Gasteiger charge is -2.43. The van der Waals surface area contributed by atoms with Crippen LogP contribution in [0, 0.1) is 0 Å². The number of nitrogens with two attached hydrogens (primary N) is 1. The minimum Gasteiger partial charge on any atom is -0.444 e. The van der Waals surface area contributed by atoms with Crippen molar-refractivity contribution in [1.82, 2.24) is 19.8 Å². The van der Waals surface area contributed by atoms with Crippen LogP contribution in [-0.2, 0) is 9.30 Å². The second kappa shape index (κ2) is 13.6. The largest absolute Gasteiger partial charge is 0.444 e. The van der Waals surface area contributed by atoms with Gasteiger partial charge in [0.25, 0.3) is 0 Å². The fourth-order valence-corrected chi connectivity index (χ4v) is 7.25. The Kier molecular flexibility index (Phi) is 9.96. The van der Waals surface area contributed by atoms with E-state index in [1.54, 1.807) is 19.5 Å². The normalized spacial score (nSPS) is 16.8. The average Bonchev–Trinajstić information content (AvgIpc) is 2.98. The van der Waals surface area contributed by atoms with E-state index in [1.807, 2.05) is 68.1 Å². The zero-order chi connectivity index (χ0) is 32.4. The maximum Gasteiger partial charge on any atom is 0.410 e. The van der Waals surface area contributed by atoms with Crippen molar-refractivity contribution in [2.24, 2.45) is 0 Å². The van der Waals surface area contributed by atoms with Crippen LogP contribution in [0.4, 0.5) is 39.3 Å². The molecule has 2 aliphatic heterocycles. The molecule has 2 fully saturated rings. The van der Waals surface area contributed by atoms with Gasteiger partial charge in [-0.2, -0.15) is 4.98 Å². The van der Waals surface area contributed by atoms with E-state index in [0.29, 0.717) is 41.1 Å². The molecule has 0 unspecified atom stereocenters. The summed E-state index contributed by atoms with van der Waals surface area (Å²) in [5.74, 6) is 0.973. The number of amides is 1. The highest BCUT2D eigenvalue weighted by molar-refractivity contribution is 9.10. The Labute approximate surface area is 274 Å². The predicted molar refractivity (Wildman–Crippen MR) is 187 cm³/mol. The van der Waals surface area contributed by atoms with Crippen LogP contribution in [0.3, 0.4) is 0 Å². The highest BCUT2D eigenvalue weighted by Crippen LogP contribution is 2.39. The van der Waals surface area contributed by atoms with Gasteiger partial charge in [-0.1, -0.05) is 12.1 Å². The second-order valence-electron chi connectivity index (χ2n) is 13.0. The minimum atomic E-state index is -2.49. The highest BCUT2D eigenvalue weighted by Gasteiger charge is 2.31. The summed E-state index contributed by atoms with van der Waals surface area (Å²) >= 11 is 3.53. The Balaban J connectivity index is 1.17. The number of piperazine rings is 1. The Morgan fingerprint density at radius 1 is 1.02 bits per heavy atom. The van der Waals surface area contributed by atoms with Gasteiger partial charge >= 0.3 is 6.09 Å². The standard InChI is InChI=1S/C32H44BrN8O3P/c1-32(2,3)44-31(42)41-18-16-39(17-19-41)23-12-14-40(15-13-23)27-11-10-22(20-25(27)34)36-30-35-21-24(33)29(38-30)37-26-8-6-7-9-28(26)45(4,5)43/h6-11,20-21,23H,12-19,34H2,1-5H3,(H2,35,36,37,38). The molecule has 242 valence electrons. The molecule has 2 aromatic carbocycles. The topological polar surface area (TPSA) is 129 Å². The van der Waals surface area contributed by atoms with Crippen molar-refractivity contribution in [3.05, 3.63) is 53.1 Å². The Morgan fingerprint density at radius 2 is 1.71 bits per heavy atom. The summed E-state index contributed by atoms with van der Waals surface area (Å²) in [7, 11) is -2.49. The molecule has 0 radical (unpaired) electrons. The first-order chi connectivity index (χ1) is 21.3. The highest BCUT2D eigenvalue weighted by atomic mass is 79.9. The van der Waals surface area contributed by atoms with Crippen LogP contribution < -0.4 is 26.6 Å². The lowest BCUT2D eigenvalue weighted by atomic mass is 10.0. The van der Waals surface area contributed by atoms with Gasteiger partial charge in [0.15, 0.2) is 0 Å². The number of carbonyl (C=O) groups excluding carboxylic acids is 1. The molecule has 45 heavy (non-hydrogen) atoms. The van der Waals surface area contributed by atoms with Gasteiger partial charge in [-0.25, -0.2) is 9.78 Å². The number of piperidine rings is 1. The summed E-state index contributed by atoms with van der Waals surface area (Å²) in [6, 6.07) is 14.0. The van der Waals surface area contributed by atoms with E-state index < -0.39 is 12.7 Å². The van der Waals surface area contributed by atoms with Gasteiger partial charge in [-0.3, -0.25) is 4.90 Å². The third-order valence-corrected chi connectivity index (χ3v) is 10.2. The molecule has 3 aromatic rings. The quantitative estimate of drug-likeness (QED) is 0.197. The number of hydrogen-bond acceptors (Lipinski definition) is 10. The van der Waals surface area contributed by atoms with E-state index in [0.717, 1.165) is 61.4 Å². The molecule has 0 atom stereocenters. The van der Waals surface area contributed by atoms with Crippen LogP contribution in [0.2, 0.25) is 0 Å². The summed E-state index contributed by atoms with van der Waals surface area (Å²) in [5.41, 5.74) is 9.32. The molecule has 0 saturated carbocycles. The van der Waals surface area contributed by atoms with Crippen molar-refractivity contribution in [1.29, 1.82) is 0 Å².